The monoisotopic (exact) mass is 533 g/mol. The highest BCUT2D eigenvalue weighted by Gasteiger charge is 2.18. The Labute approximate surface area is 231 Å². The van der Waals surface area contributed by atoms with Gasteiger partial charge in [-0.05, 0) is 79.1 Å². The van der Waals surface area contributed by atoms with Crippen LogP contribution in [0, 0.1) is 30.1 Å². The van der Waals surface area contributed by atoms with Gasteiger partial charge in [-0.3, -0.25) is 0 Å². The van der Waals surface area contributed by atoms with E-state index < -0.39 is 0 Å². The number of aromatic nitrogens is 2. The number of aryl methyl sites for hydroxylation is 4. The lowest BCUT2D eigenvalue weighted by molar-refractivity contribution is 0.0601. The lowest BCUT2D eigenvalue weighted by atomic mass is 10.00. The Bertz CT molecular complexity index is 1780. The van der Waals surface area contributed by atoms with E-state index in [-0.39, 0.29) is 5.97 Å². The third-order valence-electron chi connectivity index (χ3n) is 6.70. The Hall–Kier alpha value is -4.59. The summed E-state index contributed by atoms with van der Waals surface area (Å²) in [5.41, 5.74) is 6.62. The van der Waals surface area contributed by atoms with Crippen LogP contribution in [0.4, 0.5) is 0 Å². The molecule has 0 saturated carbocycles. The highest BCUT2D eigenvalue weighted by atomic mass is 32.1. The van der Waals surface area contributed by atoms with Crippen molar-refractivity contribution >= 4 is 38.4 Å². The summed E-state index contributed by atoms with van der Waals surface area (Å²) in [6.45, 7) is 2.57. The molecule has 0 saturated heterocycles. The molecule has 3 aromatic carbocycles. The average Bonchev–Trinajstić information content (AvgIpc) is 3.51. The molecule has 194 valence electrons. The van der Waals surface area contributed by atoms with Gasteiger partial charge in [0.25, 0.3) is 0 Å². The van der Waals surface area contributed by atoms with E-state index in [2.05, 4.69) is 53.7 Å². The Morgan fingerprint density at radius 2 is 1.85 bits per heavy atom. The third kappa shape index (κ3) is 5.50. The fraction of sp³-hybridized carbons (Fsp3) is 0.219. The van der Waals surface area contributed by atoms with E-state index in [1.165, 1.54) is 29.6 Å². The predicted molar refractivity (Wildman–Crippen MR) is 154 cm³/mol. The first kappa shape index (κ1) is 26.0. The zero-order valence-corrected chi connectivity index (χ0v) is 22.9. The van der Waals surface area contributed by atoms with Gasteiger partial charge in [0.2, 0.25) is 0 Å². The van der Waals surface area contributed by atoms with Crippen LogP contribution in [0.2, 0.25) is 0 Å². The summed E-state index contributed by atoms with van der Waals surface area (Å²) in [5, 5.41) is 11.0. The number of nitrogens with zero attached hydrogens (tertiary/aromatic N) is 3. The van der Waals surface area contributed by atoms with Crippen LogP contribution >= 0.6 is 11.3 Å². The first-order valence-electron chi connectivity index (χ1n) is 12.6. The highest BCUT2D eigenvalue weighted by molar-refractivity contribution is 7.19. The van der Waals surface area contributed by atoms with Crippen molar-refractivity contribution < 1.29 is 14.3 Å². The number of carbonyl (C=O) groups is 1. The summed E-state index contributed by atoms with van der Waals surface area (Å²) < 4.78 is 13.4. The fourth-order valence-corrected chi connectivity index (χ4v) is 5.53. The van der Waals surface area contributed by atoms with Gasteiger partial charge in [-0.2, -0.15) is 5.26 Å². The molecule has 0 fully saturated rings. The lowest BCUT2D eigenvalue weighted by Gasteiger charge is -2.06. The van der Waals surface area contributed by atoms with E-state index >= 15 is 0 Å². The number of esters is 1. The van der Waals surface area contributed by atoms with Crippen molar-refractivity contribution in [3.8, 4) is 23.7 Å². The number of methoxy groups -OCH3 is 2. The van der Waals surface area contributed by atoms with Gasteiger partial charge in [0, 0.05) is 17.4 Å². The molecule has 0 aliphatic rings. The number of thiazole rings is 1. The predicted octanol–water partition coefficient (Wildman–Crippen LogP) is 6.45. The Balaban J connectivity index is 1.64. The largest absolute Gasteiger partial charge is 0.497 e. The molecule has 0 aliphatic carbocycles. The van der Waals surface area contributed by atoms with Crippen LogP contribution in [0.3, 0.4) is 0 Å². The number of hydrogen-bond acceptors (Lipinski definition) is 6. The molecular formula is C32H27N3O3S. The molecule has 0 N–H and O–H groups in total. The second kappa shape index (κ2) is 11.4. The minimum Gasteiger partial charge on any atom is -0.497 e. The van der Waals surface area contributed by atoms with Crippen LogP contribution in [0.5, 0.6) is 5.75 Å². The molecule has 0 bridgehead atoms. The molecule has 0 radical (unpaired) electrons. The Morgan fingerprint density at radius 1 is 1.03 bits per heavy atom. The van der Waals surface area contributed by atoms with Gasteiger partial charge in [0.05, 0.1) is 48.2 Å². The van der Waals surface area contributed by atoms with Crippen molar-refractivity contribution in [1.29, 1.82) is 5.26 Å². The van der Waals surface area contributed by atoms with E-state index in [1.54, 1.807) is 13.2 Å². The average molecular weight is 534 g/mol. The number of hydrogen-bond donors (Lipinski definition) is 0. The van der Waals surface area contributed by atoms with Crippen LogP contribution in [-0.4, -0.2) is 29.7 Å². The van der Waals surface area contributed by atoms with E-state index in [0.29, 0.717) is 23.5 Å². The number of rotatable bonds is 7. The first-order chi connectivity index (χ1) is 19.0. The third-order valence-corrected chi connectivity index (χ3v) is 7.64. The van der Waals surface area contributed by atoms with Crippen molar-refractivity contribution in [3.05, 3.63) is 93.6 Å². The molecule has 2 aromatic heterocycles. The molecule has 2 heterocycles. The quantitative estimate of drug-likeness (QED) is 0.177. The molecule has 5 rings (SSSR count). The highest BCUT2D eigenvalue weighted by Crippen LogP contribution is 2.30. The maximum atomic E-state index is 12.4. The normalized spacial score (nSPS) is 10.7. The minimum absolute atomic E-state index is 0.343. The molecule has 0 aliphatic heterocycles. The van der Waals surface area contributed by atoms with Gasteiger partial charge < -0.3 is 14.0 Å². The Kier molecular flexibility index (Phi) is 7.63. The number of ether oxygens (including phenoxy) is 2. The maximum absolute atomic E-state index is 12.4. The van der Waals surface area contributed by atoms with Gasteiger partial charge in [-0.1, -0.05) is 29.8 Å². The SMILES string of the molecule is COC(=O)c1ccc2c(c1)c(CCc1ccc(C)cc1)c(C#Cc1nc3ccc(OC)cc3s1)n2CCC#N. The Morgan fingerprint density at radius 3 is 2.59 bits per heavy atom. The smallest absolute Gasteiger partial charge is 0.337 e. The molecule has 5 aromatic rings. The minimum atomic E-state index is -0.385. The van der Waals surface area contributed by atoms with E-state index in [1.807, 2.05) is 30.3 Å². The summed E-state index contributed by atoms with van der Waals surface area (Å²) in [6.07, 6.45) is 1.88. The van der Waals surface area contributed by atoms with Crippen LogP contribution in [-0.2, 0) is 24.1 Å². The maximum Gasteiger partial charge on any atom is 0.337 e. The van der Waals surface area contributed by atoms with Crippen LogP contribution < -0.4 is 4.74 Å². The second-order valence-electron chi connectivity index (χ2n) is 9.20. The number of nitriles is 1. The summed E-state index contributed by atoms with van der Waals surface area (Å²) in [4.78, 5) is 17.1. The molecule has 39 heavy (non-hydrogen) atoms. The standard InChI is InChI=1S/C32H27N3O3S/c1-21-5-7-22(8-6-21)9-12-25-26-19-23(32(36)38-3)10-14-29(26)35(18-4-17-33)28(25)15-16-31-34-27-13-11-24(37-2)20-30(27)39-31/h5-8,10-11,13-14,19-20H,4,9,12,18H2,1-3H3. The molecule has 0 amide bonds. The van der Waals surface area contributed by atoms with Gasteiger partial charge in [-0.15, -0.1) is 11.3 Å². The second-order valence-corrected chi connectivity index (χ2v) is 10.2. The number of fused-ring (bicyclic) bond motifs is 2. The topological polar surface area (TPSA) is 77.1 Å². The first-order valence-corrected chi connectivity index (χ1v) is 13.4. The van der Waals surface area contributed by atoms with E-state index in [9.17, 15) is 10.1 Å². The van der Waals surface area contributed by atoms with Crippen molar-refractivity contribution in [1.82, 2.24) is 9.55 Å². The summed E-state index contributed by atoms with van der Waals surface area (Å²) in [7, 11) is 3.03. The molecular weight excluding hydrogens is 506 g/mol. The summed E-state index contributed by atoms with van der Waals surface area (Å²) in [5.74, 6) is 7.07. The summed E-state index contributed by atoms with van der Waals surface area (Å²) in [6, 6.07) is 22.1. The summed E-state index contributed by atoms with van der Waals surface area (Å²) >= 11 is 1.52. The molecule has 0 spiro atoms. The molecule has 0 atom stereocenters. The van der Waals surface area contributed by atoms with E-state index in [4.69, 9.17) is 14.5 Å². The number of carbonyl (C=O) groups excluding carboxylic acids is 1. The van der Waals surface area contributed by atoms with Crippen LogP contribution in [0.25, 0.3) is 21.1 Å². The zero-order valence-electron chi connectivity index (χ0n) is 22.1. The van der Waals surface area contributed by atoms with Crippen molar-refractivity contribution in [2.75, 3.05) is 14.2 Å². The van der Waals surface area contributed by atoms with Crippen molar-refractivity contribution in [2.45, 2.75) is 32.7 Å². The van der Waals surface area contributed by atoms with Crippen LogP contribution in [0.15, 0.2) is 60.7 Å². The molecule has 0 unspecified atom stereocenters. The van der Waals surface area contributed by atoms with Crippen LogP contribution in [0.1, 0.15) is 44.2 Å². The van der Waals surface area contributed by atoms with Crippen molar-refractivity contribution in [2.24, 2.45) is 0 Å². The van der Waals surface area contributed by atoms with Gasteiger partial charge in [0.1, 0.15) is 5.75 Å². The molecule has 7 heteroatoms. The van der Waals surface area contributed by atoms with Gasteiger partial charge >= 0.3 is 5.97 Å². The number of benzene rings is 3. The van der Waals surface area contributed by atoms with Crippen molar-refractivity contribution in [3.63, 3.8) is 0 Å². The lowest BCUT2D eigenvalue weighted by Crippen LogP contribution is -2.02. The van der Waals surface area contributed by atoms with E-state index in [0.717, 1.165) is 51.0 Å². The zero-order chi connectivity index (χ0) is 27.4. The fourth-order valence-electron chi connectivity index (χ4n) is 4.68. The molecule has 6 nitrogen and oxygen atoms in total. The van der Waals surface area contributed by atoms with Gasteiger partial charge in [0.15, 0.2) is 5.01 Å². The van der Waals surface area contributed by atoms with Gasteiger partial charge in [-0.25, -0.2) is 9.78 Å².